The smallest absolute Gasteiger partial charge is 0.0682 e. The van der Waals surface area contributed by atoms with Gasteiger partial charge in [-0.3, -0.25) is 4.90 Å². The minimum Gasteiger partial charge on any atom is -0.392 e. The molecule has 1 saturated carbocycles. The summed E-state index contributed by atoms with van der Waals surface area (Å²) in [5.41, 5.74) is 0.429. The number of aliphatic hydroxyl groups is 1. The zero-order valence-electron chi connectivity index (χ0n) is 14.4. The van der Waals surface area contributed by atoms with Crippen molar-refractivity contribution in [1.29, 1.82) is 0 Å². The molecule has 21 heavy (non-hydrogen) atoms. The summed E-state index contributed by atoms with van der Waals surface area (Å²) in [5.74, 6) is 0. The molecule has 2 N–H and O–H groups in total. The number of nitrogens with zero attached hydrogens (tertiary/aromatic N) is 2. The first-order valence-electron chi connectivity index (χ1n) is 8.70. The van der Waals surface area contributed by atoms with Gasteiger partial charge in [0.05, 0.1) is 6.10 Å². The van der Waals surface area contributed by atoms with Crippen molar-refractivity contribution in [2.75, 3.05) is 40.3 Å². The van der Waals surface area contributed by atoms with Gasteiger partial charge in [-0.15, -0.1) is 0 Å². The largest absolute Gasteiger partial charge is 0.392 e. The quantitative estimate of drug-likeness (QED) is 0.748. The maximum atomic E-state index is 10.1. The van der Waals surface area contributed by atoms with Crippen LogP contribution in [0.3, 0.4) is 0 Å². The van der Waals surface area contributed by atoms with E-state index in [-0.39, 0.29) is 6.10 Å². The standard InChI is InChI=1S/C17H35N3O/c1-14(2)18-12-17(7-5-6-8-17)13-20-11-16(21)9-15(20)10-19(3)4/h14-16,18,21H,5-13H2,1-4H3. The molecule has 0 amide bonds. The van der Waals surface area contributed by atoms with Crippen molar-refractivity contribution < 1.29 is 5.11 Å². The van der Waals surface area contributed by atoms with E-state index in [4.69, 9.17) is 0 Å². The van der Waals surface area contributed by atoms with Gasteiger partial charge >= 0.3 is 0 Å². The Balaban J connectivity index is 1.98. The Morgan fingerprint density at radius 1 is 1.29 bits per heavy atom. The van der Waals surface area contributed by atoms with Crippen molar-refractivity contribution in [1.82, 2.24) is 15.1 Å². The fourth-order valence-electron chi connectivity index (χ4n) is 4.13. The van der Waals surface area contributed by atoms with Gasteiger partial charge in [0, 0.05) is 38.3 Å². The molecule has 1 saturated heterocycles. The molecule has 1 aliphatic carbocycles. The number of rotatable bonds is 7. The first-order chi connectivity index (χ1) is 9.90. The average Bonchev–Trinajstić information content (AvgIpc) is 2.95. The molecular formula is C17H35N3O. The van der Waals surface area contributed by atoms with Crippen LogP contribution in [0.4, 0.5) is 0 Å². The van der Waals surface area contributed by atoms with Crippen LogP contribution >= 0.6 is 0 Å². The average molecular weight is 297 g/mol. The van der Waals surface area contributed by atoms with Crippen LogP contribution in [0.1, 0.15) is 46.0 Å². The van der Waals surface area contributed by atoms with E-state index in [1.807, 2.05) is 0 Å². The molecule has 2 fully saturated rings. The minimum atomic E-state index is -0.133. The highest BCUT2D eigenvalue weighted by Crippen LogP contribution is 2.39. The summed E-state index contributed by atoms with van der Waals surface area (Å²) in [4.78, 5) is 4.82. The predicted molar refractivity (Wildman–Crippen MR) is 88.6 cm³/mol. The molecule has 4 heteroatoms. The summed E-state index contributed by atoms with van der Waals surface area (Å²) in [5, 5.41) is 13.8. The number of β-amino-alcohol motifs (C(OH)–C–C–N with tert-alkyl or cyclic N) is 1. The molecule has 4 nitrogen and oxygen atoms in total. The van der Waals surface area contributed by atoms with Gasteiger partial charge in [0.1, 0.15) is 0 Å². The summed E-state index contributed by atoms with van der Waals surface area (Å²) in [6.45, 7) is 8.68. The van der Waals surface area contributed by atoms with E-state index < -0.39 is 0 Å². The topological polar surface area (TPSA) is 38.7 Å². The Morgan fingerprint density at radius 2 is 1.95 bits per heavy atom. The van der Waals surface area contributed by atoms with Gasteiger partial charge in [-0.1, -0.05) is 26.7 Å². The van der Waals surface area contributed by atoms with Crippen LogP contribution in [-0.4, -0.2) is 73.4 Å². The number of nitrogens with one attached hydrogen (secondary N) is 1. The lowest BCUT2D eigenvalue weighted by Gasteiger charge is -2.37. The van der Waals surface area contributed by atoms with Crippen LogP contribution in [0, 0.1) is 5.41 Å². The Bertz CT molecular complexity index is 313. The molecule has 0 spiro atoms. The second-order valence-corrected chi connectivity index (χ2v) is 7.98. The lowest BCUT2D eigenvalue weighted by Crippen LogP contribution is -2.47. The van der Waals surface area contributed by atoms with E-state index in [1.165, 1.54) is 25.7 Å². The van der Waals surface area contributed by atoms with Gasteiger partial charge in [0.25, 0.3) is 0 Å². The van der Waals surface area contributed by atoms with E-state index in [9.17, 15) is 5.11 Å². The Labute approximate surface area is 130 Å². The van der Waals surface area contributed by atoms with Crippen molar-refractivity contribution in [3.63, 3.8) is 0 Å². The normalized spacial score (nSPS) is 29.9. The SMILES string of the molecule is CC(C)NCC1(CN2CC(O)CC2CN(C)C)CCCC1. The van der Waals surface area contributed by atoms with Gasteiger partial charge in [-0.2, -0.15) is 0 Å². The van der Waals surface area contributed by atoms with Gasteiger partial charge in [-0.05, 0) is 38.8 Å². The molecular weight excluding hydrogens is 262 g/mol. The van der Waals surface area contributed by atoms with E-state index in [0.29, 0.717) is 17.5 Å². The zero-order valence-corrected chi connectivity index (χ0v) is 14.4. The minimum absolute atomic E-state index is 0.133. The van der Waals surface area contributed by atoms with Gasteiger partial charge in [0.15, 0.2) is 0 Å². The highest BCUT2D eigenvalue weighted by Gasteiger charge is 2.40. The Kier molecular flexibility index (Phi) is 6.06. The fraction of sp³-hybridized carbons (Fsp3) is 1.00. The van der Waals surface area contributed by atoms with E-state index in [1.54, 1.807) is 0 Å². The lowest BCUT2D eigenvalue weighted by atomic mass is 9.85. The molecule has 2 aliphatic rings. The van der Waals surface area contributed by atoms with E-state index >= 15 is 0 Å². The molecule has 1 heterocycles. The summed E-state index contributed by atoms with van der Waals surface area (Å²) >= 11 is 0. The number of hydrogen-bond acceptors (Lipinski definition) is 4. The van der Waals surface area contributed by atoms with Crippen molar-refractivity contribution in [3.8, 4) is 0 Å². The molecule has 2 atom stereocenters. The number of likely N-dealkylation sites (N-methyl/N-ethyl adjacent to an activating group) is 1. The van der Waals surface area contributed by atoms with Crippen molar-refractivity contribution >= 4 is 0 Å². The maximum absolute atomic E-state index is 10.1. The van der Waals surface area contributed by atoms with E-state index in [0.717, 1.165) is 32.6 Å². The van der Waals surface area contributed by atoms with Crippen LogP contribution in [0.2, 0.25) is 0 Å². The summed E-state index contributed by atoms with van der Waals surface area (Å²) in [7, 11) is 4.27. The van der Waals surface area contributed by atoms with Gasteiger partial charge in [-0.25, -0.2) is 0 Å². The molecule has 2 unspecified atom stereocenters. The molecule has 2 rings (SSSR count). The zero-order chi connectivity index (χ0) is 15.5. The van der Waals surface area contributed by atoms with E-state index in [2.05, 4.69) is 43.1 Å². The summed E-state index contributed by atoms with van der Waals surface area (Å²) in [6, 6.07) is 1.08. The predicted octanol–water partition coefficient (Wildman–Crippen LogP) is 1.54. The second-order valence-electron chi connectivity index (χ2n) is 7.98. The molecule has 0 bridgehead atoms. The van der Waals surface area contributed by atoms with Crippen LogP contribution in [0.5, 0.6) is 0 Å². The van der Waals surface area contributed by atoms with Crippen LogP contribution in [0.15, 0.2) is 0 Å². The number of likely N-dealkylation sites (tertiary alicyclic amines) is 1. The molecule has 1 aliphatic heterocycles. The third-order valence-corrected chi connectivity index (χ3v) is 5.17. The third kappa shape index (κ3) is 4.92. The highest BCUT2D eigenvalue weighted by molar-refractivity contribution is 4.95. The summed E-state index contributed by atoms with van der Waals surface area (Å²) < 4.78 is 0. The first-order valence-corrected chi connectivity index (χ1v) is 8.70. The molecule has 0 aromatic heterocycles. The highest BCUT2D eigenvalue weighted by atomic mass is 16.3. The monoisotopic (exact) mass is 297 g/mol. The Hall–Kier alpha value is -0.160. The second kappa shape index (κ2) is 7.40. The third-order valence-electron chi connectivity index (χ3n) is 5.17. The van der Waals surface area contributed by atoms with Crippen LogP contribution in [0.25, 0.3) is 0 Å². The lowest BCUT2D eigenvalue weighted by molar-refractivity contribution is 0.112. The first kappa shape index (κ1) is 17.2. The van der Waals surface area contributed by atoms with Crippen LogP contribution < -0.4 is 5.32 Å². The number of aliphatic hydroxyl groups excluding tert-OH is 1. The number of hydrogen-bond donors (Lipinski definition) is 2. The molecule has 124 valence electrons. The summed E-state index contributed by atoms with van der Waals surface area (Å²) in [6.07, 6.45) is 6.23. The molecule has 0 radical (unpaired) electrons. The molecule has 0 aromatic rings. The maximum Gasteiger partial charge on any atom is 0.0682 e. The van der Waals surface area contributed by atoms with Crippen molar-refractivity contribution in [2.45, 2.75) is 64.1 Å². The van der Waals surface area contributed by atoms with Crippen LogP contribution in [-0.2, 0) is 0 Å². The fourth-order valence-corrected chi connectivity index (χ4v) is 4.13. The van der Waals surface area contributed by atoms with Gasteiger partial charge in [0.2, 0.25) is 0 Å². The van der Waals surface area contributed by atoms with Crippen molar-refractivity contribution in [2.24, 2.45) is 5.41 Å². The molecule has 0 aromatic carbocycles. The Morgan fingerprint density at radius 3 is 2.52 bits per heavy atom. The van der Waals surface area contributed by atoms with Crippen molar-refractivity contribution in [3.05, 3.63) is 0 Å². The van der Waals surface area contributed by atoms with Gasteiger partial charge < -0.3 is 15.3 Å².